The number of thiazole rings is 1. The van der Waals surface area contributed by atoms with Gasteiger partial charge in [-0.3, -0.25) is 9.59 Å². The number of anilines is 2. The fraction of sp³-hybridized carbons (Fsp3) is 0.0800. The molecule has 2 aromatic heterocycles. The highest BCUT2D eigenvalue weighted by atomic mass is 32.1. The molecule has 2 aromatic carbocycles. The van der Waals surface area contributed by atoms with Crippen molar-refractivity contribution in [3.05, 3.63) is 83.5 Å². The predicted octanol–water partition coefficient (Wildman–Crippen LogP) is 3.61. The quantitative estimate of drug-likeness (QED) is 0.268. The van der Waals surface area contributed by atoms with Gasteiger partial charge in [0.2, 0.25) is 5.91 Å². The maximum absolute atomic E-state index is 12.3. The fourth-order valence-electron chi connectivity index (χ4n) is 3.21. The van der Waals surface area contributed by atoms with Crippen molar-refractivity contribution >= 4 is 39.9 Å². The van der Waals surface area contributed by atoms with Crippen molar-refractivity contribution in [1.29, 1.82) is 0 Å². The van der Waals surface area contributed by atoms with Crippen molar-refractivity contribution in [3.8, 4) is 22.4 Å². The highest BCUT2D eigenvalue weighted by Crippen LogP contribution is 2.29. The number of esters is 1. The van der Waals surface area contributed by atoms with Gasteiger partial charge >= 0.3 is 5.97 Å². The SMILES string of the molecule is COC(=O)c1cc(-c2cccc(-c3csc(NC(=O)CNC(=O)c4ccc(N)cc4)n3)c2)ccn1. The highest BCUT2D eigenvalue weighted by Gasteiger charge is 2.12. The van der Waals surface area contributed by atoms with Crippen molar-refractivity contribution in [1.82, 2.24) is 15.3 Å². The van der Waals surface area contributed by atoms with E-state index in [0.717, 1.165) is 16.7 Å². The van der Waals surface area contributed by atoms with E-state index in [2.05, 4.69) is 20.6 Å². The number of carbonyl (C=O) groups is 3. The number of amides is 2. The van der Waals surface area contributed by atoms with Gasteiger partial charge in [-0.2, -0.15) is 0 Å². The first-order valence-corrected chi connectivity index (χ1v) is 11.3. The summed E-state index contributed by atoms with van der Waals surface area (Å²) in [6, 6.07) is 17.5. The molecule has 0 saturated heterocycles. The van der Waals surface area contributed by atoms with Crippen LogP contribution in [0.3, 0.4) is 0 Å². The number of nitrogens with zero attached hydrogens (tertiary/aromatic N) is 2. The first-order chi connectivity index (χ1) is 16.9. The van der Waals surface area contributed by atoms with E-state index >= 15 is 0 Å². The first-order valence-electron chi connectivity index (χ1n) is 10.5. The Morgan fingerprint density at radius 3 is 2.51 bits per heavy atom. The lowest BCUT2D eigenvalue weighted by molar-refractivity contribution is -0.115. The van der Waals surface area contributed by atoms with Crippen LogP contribution >= 0.6 is 11.3 Å². The molecular formula is C25H21N5O4S. The zero-order valence-electron chi connectivity index (χ0n) is 18.6. The van der Waals surface area contributed by atoms with E-state index in [-0.39, 0.29) is 18.1 Å². The van der Waals surface area contributed by atoms with Crippen molar-refractivity contribution in [2.45, 2.75) is 0 Å². The van der Waals surface area contributed by atoms with Crippen molar-refractivity contribution < 1.29 is 19.1 Å². The lowest BCUT2D eigenvalue weighted by Gasteiger charge is -2.06. The Kier molecular flexibility index (Phi) is 7.12. The van der Waals surface area contributed by atoms with Crippen LogP contribution in [0.4, 0.5) is 10.8 Å². The predicted molar refractivity (Wildman–Crippen MR) is 134 cm³/mol. The Morgan fingerprint density at radius 2 is 1.74 bits per heavy atom. The molecule has 0 atom stereocenters. The number of nitrogens with two attached hydrogens (primary N) is 1. The standard InChI is InChI=1S/C25H21N5O4S/c1-34-24(33)20-12-17(9-10-27-20)16-3-2-4-18(11-16)21-14-35-25(29-21)30-22(31)13-28-23(32)15-5-7-19(26)8-6-15/h2-12,14H,13,26H2,1H3,(H,28,32)(H,29,30,31). The van der Waals surface area contributed by atoms with E-state index in [4.69, 9.17) is 10.5 Å². The fourth-order valence-corrected chi connectivity index (χ4v) is 3.94. The summed E-state index contributed by atoms with van der Waals surface area (Å²) in [6.07, 6.45) is 1.55. The number of methoxy groups -OCH3 is 1. The number of nitrogens with one attached hydrogen (secondary N) is 2. The van der Waals surface area contributed by atoms with Crippen LogP contribution in [0.2, 0.25) is 0 Å². The van der Waals surface area contributed by atoms with Crippen LogP contribution in [0.15, 0.2) is 72.2 Å². The Morgan fingerprint density at radius 1 is 1.00 bits per heavy atom. The van der Waals surface area contributed by atoms with Gasteiger partial charge in [0.05, 0.1) is 19.3 Å². The number of benzene rings is 2. The first kappa shape index (κ1) is 23.6. The summed E-state index contributed by atoms with van der Waals surface area (Å²) in [5, 5.41) is 7.50. The maximum atomic E-state index is 12.3. The summed E-state index contributed by atoms with van der Waals surface area (Å²) >= 11 is 1.28. The molecule has 0 saturated carbocycles. The zero-order valence-corrected chi connectivity index (χ0v) is 19.5. The van der Waals surface area contributed by atoms with E-state index < -0.39 is 11.9 Å². The zero-order chi connectivity index (χ0) is 24.8. The molecule has 0 bridgehead atoms. The van der Waals surface area contributed by atoms with Crippen LogP contribution < -0.4 is 16.4 Å². The number of ether oxygens (including phenoxy) is 1. The second-order valence-electron chi connectivity index (χ2n) is 7.39. The average Bonchev–Trinajstić information content (AvgIpc) is 3.36. The molecule has 176 valence electrons. The van der Waals surface area contributed by atoms with Gasteiger partial charge in [-0.1, -0.05) is 18.2 Å². The minimum absolute atomic E-state index is 0.196. The Labute approximate surface area is 205 Å². The van der Waals surface area contributed by atoms with Crippen LogP contribution in [0.1, 0.15) is 20.8 Å². The normalized spacial score (nSPS) is 10.4. The van der Waals surface area contributed by atoms with E-state index in [1.54, 1.807) is 42.6 Å². The van der Waals surface area contributed by atoms with Crippen LogP contribution in [-0.2, 0) is 9.53 Å². The maximum Gasteiger partial charge on any atom is 0.356 e. The van der Waals surface area contributed by atoms with E-state index in [1.165, 1.54) is 18.4 Å². The monoisotopic (exact) mass is 487 g/mol. The molecule has 35 heavy (non-hydrogen) atoms. The Balaban J connectivity index is 1.40. The topological polar surface area (TPSA) is 136 Å². The van der Waals surface area contributed by atoms with E-state index in [9.17, 15) is 14.4 Å². The largest absolute Gasteiger partial charge is 0.464 e. The highest BCUT2D eigenvalue weighted by molar-refractivity contribution is 7.14. The smallest absolute Gasteiger partial charge is 0.356 e. The van der Waals surface area contributed by atoms with Gasteiger partial charge in [-0.15, -0.1) is 11.3 Å². The summed E-state index contributed by atoms with van der Waals surface area (Å²) in [4.78, 5) is 44.7. The molecule has 0 fully saturated rings. The van der Waals surface area contributed by atoms with Gasteiger partial charge < -0.3 is 21.1 Å². The minimum Gasteiger partial charge on any atom is -0.464 e. The molecule has 2 amide bonds. The second-order valence-corrected chi connectivity index (χ2v) is 8.25. The summed E-state index contributed by atoms with van der Waals surface area (Å²) in [5.41, 5.74) is 10.0. The van der Waals surface area contributed by atoms with Crippen LogP contribution in [-0.4, -0.2) is 41.4 Å². The Hall–Kier alpha value is -4.57. The number of nitrogen functional groups attached to an aromatic ring is 1. The van der Waals surface area contributed by atoms with Gasteiger partial charge in [0, 0.05) is 28.4 Å². The molecule has 0 aliphatic carbocycles. The van der Waals surface area contributed by atoms with Crippen LogP contribution in [0.25, 0.3) is 22.4 Å². The molecule has 0 aliphatic heterocycles. The van der Waals surface area contributed by atoms with Crippen molar-refractivity contribution in [2.24, 2.45) is 0 Å². The van der Waals surface area contributed by atoms with Gasteiger partial charge in [0.15, 0.2) is 5.13 Å². The molecular weight excluding hydrogens is 466 g/mol. The molecule has 0 radical (unpaired) electrons. The molecule has 10 heteroatoms. The number of rotatable bonds is 7. The van der Waals surface area contributed by atoms with Crippen LogP contribution in [0.5, 0.6) is 0 Å². The van der Waals surface area contributed by atoms with Crippen LogP contribution in [0, 0.1) is 0 Å². The lowest BCUT2D eigenvalue weighted by Crippen LogP contribution is -2.32. The number of hydrogen-bond donors (Lipinski definition) is 3. The lowest BCUT2D eigenvalue weighted by atomic mass is 10.0. The van der Waals surface area contributed by atoms with Gasteiger partial charge in [0.1, 0.15) is 5.69 Å². The van der Waals surface area contributed by atoms with Crippen molar-refractivity contribution in [2.75, 3.05) is 24.7 Å². The summed E-state index contributed by atoms with van der Waals surface area (Å²) in [7, 11) is 1.31. The van der Waals surface area contributed by atoms with E-state index in [0.29, 0.717) is 22.1 Å². The summed E-state index contributed by atoms with van der Waals surface area (Å²) in [5.74, 6) is -1.27. The number of hydrogen-bond acceptors (Lipinski definition) is 8. The average molecular weight is 488 g/mol. The molecule has 4 rings (SSSR count). The third-order valence-electron chi connectivity index (χ3n) is 4.98. The third kappa shape index (κ3) is 5.87. The number of carbonyl (C=O) groups excluding carboxylic acids is 3. The molecule has 0 unspecified atom stereocenters. The summed E-state index contributed by atoms with van der Waals surface area (Å²) < 4.78 is 4.74. The van der Waals surface area contributed by atoms with Gasteiger partial charge in [-0.05, 0) is 53.6 Å². The molecule has 0 spiro atoms. The molecule has 2 heterocycles. The number of aromatic nitrogens is 2. The molecule has 0 aliphatic rings. The number of pyridine rings is 1. The van der Waals surface area contributed by atoms with Gasteiger partial charge in [-0.25, -0.2) is 14.8 Å². The molecule has 4 N–H and O–H groups in total. The van der Waals surface area contributed by atoms with Gasteiger partial charge in [0.25, 0.3) is 5.91 Å². The Bertz CT molecular complexity index is 1380. The van der Waals surface area contributed by atoms with E-state index in [1.807, 2.05) is 29.6 Å². The second kappa shape index (κ2) is 10.6. The molecule has 9 nitrogen and oxygen atoms in total. The third-order valence-corrected chi connectivity index (χ3v) is 5.74. The minimum atomic E-state index is -0.507. The van der Waals surface area contributed by atoms with Crippen molar-refractivity contribution in [3.63, 3.8) is 0 Å². The molecule has 4 aromatic rings. The summed E-state index contributed by atoms with van der Waals surface area (Å²) in [6.45, 7) is -0.196.